The number of rotatable bonds is 2. The molecule has 3 heterocycles. The summed E-state index contributed by atoms with van der Waals surface area (Å²) in [5.41, 5.74) is 0.498. The first kappa shape index (κ1) is 14.1. The van der Waals surface area contributed by atoms with Gasteiger partial charge in [-0.25, -0.2) is 4.79 Å². The van der Waals surface area contributed by atoms with E-state index in [1.54, 1.807) is 24.3 Å². The van der Waals surface area contributed by atoms with Gasteiger partial charge in [-0.15, -0.1) is 0 Å². The van der Waals surface area contributed by atoms with E-state index in [9.17, 15) is 4.79 Å². The van der Waals surface area contributed by atoms with Crippen molar-refractivity contribution in [3.63, 3.8) is 0 Å². The van der Waals surface area contributed by atoms with Crippen LogP contribution in [-0.2, 0) is 23.7 Å². The van der Waals surface area contributed by atoms with Crippen LogP contribution in [0.25, 0.3) is 0 Å². The predicted octanol–water partition coefficient (Wildman–Crippen LogP) is 1.49. The first-order chi connectivity index (χ1) is 10.5. The Hall–Kier alpha value is -1.47. The standard InChI is InChI=1S/C16H18O6/c1-16(2)21-12-11(10-8-18-15(19-10)13(12)22-16)20-14(17)9-6-4-3-5-7-9/h3-7,10-13,15H,8H2,1-2H3/t10-,11-,12+,13+,15?/m1/s1. The van der Waals surface area contributed by atoms with Crippen molar-refractivity contribution >= 4 is 5.97 Å². The second-order valence-electron chi connectivity index (χ2n) is 6.18. The Balaban J connectivity index is 1.56. The van der Waals surface area contributed by atoms with E-state index in [0.29, 0.717) is 12.2 Å². The summed E-state index contributed by atoms with van der Waals surface area (Å²) in [4.78, 5) is 12.3. The molecule has 3 aliphatic rings. The fourth-order valence-electron chi connectivity index (χ4n) is 3.19. The molecular weight excluding hydrogens is 288 g/mol. The van der Waals surface area contributed by atoms with Crippen molar-refractivity contribution in [1.82, 2.24) is 0 Å². The van der Waals surface area contributed by atoms with Crippen molar-refractivity contribution < 1.29 is 28.5 Å². The highest BCUT2D eigenvalue weighted by Crippen LogP contribution is 2.41. The molecule has 0 spiro atoms. The van der Waals surface area contributed by atoms with E-state index in [1.807, 2.05) is 19.9 Å². The maximum Gasteiger partial charge on any atom is 0.338 e. The van der Waals surface area contributed by atoms with Crippen molar-refractivity contribution in [3.8, 4) is 0 Å². The van der Waals surface area contributed by atoms with Crippen molar-refractivity contribution in [2.24, 2.45) is 0 Å². The molecule has 0 amide bonds. The highest BCUT2D eigenvalue weighted by atomic mass is 16.8. The summed E-state index contributed by atoms with van der Waals surface area (Å²) in [6.45, 7) is 4.03. The highest BCUT2D eigenvalue weighted by molar-refractivity contribution is 5.89. The van der Waals surface area contributed by atoms with Crippen LogP contribution >= 0.6 is 0 Å². The minimum absolute atomic E-state index is 0.323. The molecule has 0 N–H and O–H groups in total. The molecular formula is C16H18O6. The van der Waals surface area contributed by atoms with Gasteiger partial charge in [0.2, 0.25) is 0 Å². The van der Waals surface area contributed by atoms with Gasteiger partial charge in [0.05, 0.1) is 12.2 Å². The van der Waals surface area contributed by atoms with Crippen LogP contribution in [0.1, 0.15) is 24.2 Å². The predicted molar refractivity (Wildman–Crippen MR) is 74.1 cm³/mol. The molecule has 1 aromatic rings. The van der Waals surface area contributed by atoms with Crippen LogP contribution in [0.5, 0.6) is 0 Å². The number of carbonyl (C=O) groups excluding carboxylic acids is 1. The minimum atomic E-state index is -0.746. The number of esters is 1. The maximum atomic E-state index is 12.3. The molecule has 3 aliphatic heterocycles. The Morgan fingerprint density at radius 3 is 2.68 bits per heavy atom. The van der Waals surface area contributed by atoms with Crippen molar-refractivity contribution in [2.45, 2.75) is 50.3 Å². The summed E-state index contributed by atoms with van der Waals surface area (Å²) in [6, 6.07) is 8.87. The van der Waals surface area contributed by atoms with Gasteiger partial charge < -0.3 is 23.7 Å². The highest BCUT2D eigenvalue weighted by Gasteiger charge is 2.60. The maximum absolute atomic E-state index is 12.3. The average molecular weight is 306 g/mol. The molecule has 5 atom stereocenters. The molecule has 3 fully saturated rings. The van der Waals surface area contributed by atoms with E-state index >= 15 is 0 Å². The lowest BCUT2D eigenvalue weighted by Gasteiger charge is -2.34. The van der Waals surface area contributed by atoms with Crippen LogP contribution in [0.2, 0.25) is 0 Å². The fraction of sp³-hybridized carbons (Fsp3) is 0.562. The third kappa shape index (κ3) is 2.32. The molecule has 6 nitrogen and oxygen atoms in total. The Morgan fingerprint density at radius 2 is 1.91 bits per heavy atom. The number of ether oxygens (including phenoxy) is 5. The van der Waals surface area contributed by atoms with Crippen LogP contribution in [0.4, 0.5) is 0 Å². The monoisotopic (exact) mass is 306 g/mol. The number of carbonyl (C=O) groups is 1. The van der Waals surface area contributed by atoms with Gasteiger partial charge in [-0.05, 0) is 26.0 Å². The van der Waals surface area contributed by atoms with Gasteiger partial charge in [-0.1, -0.05) is 18.2 Å². The largest absolute Gasteiger partial charge is 0.453 e. The van der Waals surface area contributed by atoms with Crippen LogP contribution in [0.3, 0.4) is 0 Å². The van der Waals surface area contributed by atoms with Crippen molar-refractivity contribution in [2.75, 3.05) is 6.61 Å². The molecule has 0 aromatic heterocycles. The second kappa shape index (κ2) is 5.03. The van der Waals surface area contributed by atoms with Gasteiger partial charge in [0.15, 0.2) is 18.2 Å². The third-order valence-electron chi connectivity index (χ3n) is 4.11. The summed E-state index contributed by atoms with van der Waals surface area (Å²) < 4.78 is 28.8. The van der Waals surface area contributed by atoms with Crippen LogP contribution in [0, 0.1) is 0 Å². The molecule has 0 saturated carbocycles. The van der Waals surface area contributed by atoms with E-state index < -0.39 is 24.2 Å². The van der Waals surface area contributed by atoms with Gasteiger partial charge in [0.1, 0.15) is 18.3 Å². The molecule has 3 saturated heterocycles. The Kier molecular flexibility index (Phi) is 3.23. The van der Waals surface area contributed by atoms with E-state index in [0.717, 1.165) is 0 Å². The van der Waals surface area contributed by atoms with E-state index in [2.05, 4.69) is 0 Å². The SMILES string of the molecule is CC1(C)O[C@H]2[C@H](OC(=O)c3ccccc3)[C@H]3COC(O3)[C@H]2O1. The molecule has 0 aliphatic carbocycles. The zero-order valence-corrected chi connectivity index (χ0v) is 12.4. The number of hydrogen-bond acceptors (Lipinski definition) is 6. The molecule has 0 radical (unpaired) electrons. The second-order valence-corrected chi connectivity index (χ2v) is 6.18. The van der Waals surface area contributed by atoms with Gasteiger partial charge in [-0.3, -0.25) is 0 Å². The first-order valence-corrected chi connectivity index (χ1v) is 7.42. The van der Waals surface area contributed by atoms with E-state index in [-0.39, 0.29) is 18.3 Å². The smallest absolute Gasteiger partial charge is 0.338 e. The summed E-state index contributed by atoms with van der Waals surface area (Å²) >= 11 is 0. The normalized spacial score (nSPS) is 38.5. The Labute approximate surface area is 128 Å². The van der Waals surface area contributed by atoms with Crippen LogP contribution in [0.15, 0.2) is 30.3 Å². The number of hydrogen-bond donors (Lipinski definition) is 0. The fourth-order valence-corrected chi connectivity index (χ4v) is 3.19. The van der Waals surface area contributed by atoms with Crippen molar-refractivity contribution in [1.29, 1.82) is 0 Å². The average Bonchev–Trinajstić information content (AvgIpc) is 3.07. The summed E-state index contributed by atoms with van der Waals surface area (Å²) in [7, 11) is 0. The van der Waals surface area contributed by atoms with Gasteiger partial charge in [0.25, 0.3) is 0 Å². The summed E-state index contributed by atoms with van der Waals surface area (Å²) in [5, 5.41) is 0. The zero-order chi connectivity index (χ0) is 15.3. The third-order valence-corrected chi connectivity index (χ3v) is 4.11. The summed E-state index contributed by atoms with van der Waals surface area (Å²) in [6.07, 6.45) is -2.09. The Bertz CT molecular complexity index is 571. The summed E-state index contributed by atoms with van der Waals surface area (Å²) in [5.74, 6) is -1.14. The lowest BCUT2D eigenvalue weighted by molar-refractivity contribution is -0.198. The van der Waals surface area contributed by atoms with Gasteiger partial charge >= 0.3 is 5.97 Å². The van der Waals surface area contributed by atoms with Crippen LogP contribution in [-0.4, -0.2) is 49.1 Å². The molecule has 22 heavy (non-hydrogen) atoms. The van der Waals surface area contributed by atoms with Crippen LogP contribution < -0.4 is 0 Å². The number of benzene rings is 1. The lowest BCUT2D eigenvalue weighted by atomic mass is 10.0. The molecule has 1 aromatic carbocycles. The lowest BCUT2D eigenvalue weighted by Crippen LogP contribution is -2.54. The van der Waals surface area contributed by atoms with Gasteiger partial charge in [0, 0.05) is 0 Å². The number of fused-ring (bicyclic) bond motifs is 4. The molecule has 6 heteroatoms. The molecule has 2 bridgehead atoms. The molecule has 118 valence electrons. The van der Waals surface area contributed by atoms with E-state index in [4.69, 9.17) is 23.7 Å². The quantitative estimate of drug-likeness (QED) is 0.771. The first-order valence-electron chi connectivity index (χ1n) is 7.42. The minimum Gasteiger partial charge on any atom is -0.453 e. The topological polar surface area (TPSA) is 63.2 Å². The molecule has 4 rings (SSSR count). The van der Waals surface area contributed by atoms with Crippen molar-refractivity contribution in [3.05, 3.63) is 35.9 Å². The molecule has 1 unspecified atom stereocenters. The Morgan fingerprint density at radius 1 is 1.18 bits per heavy atom. The zero-order valence-electron chi connectivity index (χ0n) is 12.4. The van der Waals surface area contributed by atoms with E-state index in [1.165, 1.54) is 0 Å². The van der Waals surface area contributed by atoms with Gasteiger partial charge in [-0.2, -0.15) is 0 Å².